The number of rotatable bonds is 3. The molecule has 3 atom stereocenters. The van der Waals surface area contributed by atoms with Gasteiger partial charge >= 0.3 is 5.97 Å². The molecule has 1 aromatic rings. The number of aryl methyl sites for hydroxylation is 1. The van der Waals surface area contributed by atoms with Crippen molar-refractivity contribution in [1.29, 1.82) is 0 Å². The Labute approximate surface area is 127 Å². The molecule has 1 aromatic carbocycles. The lowest BCUT2D eigenvalue weighted by atomic mass is 9.92. The van der Waals surface area contributed by atoms with Crippen molar-refractivity contribution in [2.75, 3.05) is 18.6 Å². The smallest absolute Gasteiger partial charge is 0.310 e. The second kappa shape index (κ2) is 4.76. The van der Waals surface area contributed by atoms with E-state index in [-0.39, 0.29) is 6.61 Å². The van der Waals surface area contributed by atoms with Crippen molar-refractivity contribution in [2.45, 2.75) is 25.7 Å². The number of alkyl halides is 2. The number of anilines is 1. The number of hydrogen-bond acceptors (Lipinski definition) is 3. The molecule has 1 amide bonds. The number of nitrogens with zero attached hydrogens (tertiary/aromatic N) is 1. The van der Waals surface area contributed by atoms with Crippen LogP contribution in [0.1, 0.15) is 18.1 Å². The first kappa shape index (κ1) is 14.9. The number of carbonyl (C=O) groups excluding carboxylic acids is 2. The molecule has 0 aromatic heterocycles. The topological polar surface area (TPSA) is 46.6 Å². The van der Waals surface area contributed by atoms with Crippen LogP contribution in [0.5, 0.6) is 0 Å². The summed E-state index contributed by atoms with van der Waals surface area (Å²) in [6.07, 6.45) is -2.75. The first-order chi connectivity index (χ1) is 10.4. The Bertz CT molecular complexity index is 661. The molecule has 0 N–H and O–H groups in total. The minimum atomic E-state index is -2.75. The van der Waals surface area contributed by atoms with Gasteiger partial charge in [0.15, 0.2) is 0 Å². The molecular weight excluding hydrogens is 292 g/mol. The Balaban J connectivity index is 2.15. The van der Waals surface area contributed by atoms with Gasteiger partial charge < -0.3 is 9.64 Å². The zero-order valence-electron chi connectivity index (χ0n) is 12.6. The van der Waals surface area contributed by atoms with Crippen molar-refractivity contribution in [3.8, 4) is 0 Å². The molecule has 0 unspecified atom stereocenters. The molecular formula is C16H17F2NO3. The normalized spacial score (nSPS) is 29.2. The lowest BCUT2D eigenvalue weighted by Gasteiger charge is -2.11. The van der Waals surface area contributed by atoms with E-state index in [2.05, 4.69) is 0 Å². The molecule has 0 saturated heterocycles. The third-order valence-electron chi connectivity index (χ3n) is 4.70. The molecule has 3 rings (SSSR count). The molecule has 0 radical (unpaired) electrons. The number of benzene rings is 1. The molecule has 1 spiro atoms. The molecule has 1 fully saturated rings. The molecule has 118 valence electrons. The highest BCUT2D eigenvalue weighted by molar-refractivity contribution is 6.14. The van der Waals surface area contributed by atoms with E-state index in [1.165, 1.54) is 4.90 Å². The summed E-state index contributed by atoms with van der Waals surface area (Å²) < 4.78 is 31.9. The van der Waals surface area contributed by atoms with Crippen molar-refractivity contribution in [1.82, 2.24) is 0 Å². The molecule has 2 aliphatic rings. The van der Waals surface area contributed by atoms with Gasteiger partial charge in [-0.25, -0.2) is 8.78 Å². The second-order valence-electron chi connectivity index (χ2n) is 5.84. The van der Waals surface area contributed by atoms with E-state index in [0.29, 0.717) is 11.3 Å². The Morgan fingerprint density at radius 3 is 2.73 bits per heavy atom. The molecule has 4 nitrogen and oxygen atoms in total. The first-order valence-electron chi connectivity index (χ1n) is 7.21. The molecule has 22 heavy (non-hydrogen) atoms. The maximum atomic E-state index is 13.5. The summed E-state index contributed by atoms with van der Waals surface area (Å²) >= 11 is 0. The van der Waals surface area contributed by atoms with E-state index in [0.717, 1.165) is 5.56 Å². The number of esters is 1. The van der Waals surface area contributed by atoms with Gasteiger partial charge in [0.1, 0.15) is 0 Å². The summed E-state index contributed by atoms with van der Waals surface area (Å²) in [5.41, 5.74) is 0.511. The van der Waals surface area contributed by atoms with E-state index in [1.54, 1.807) is 26.1 Å². The predicted molar refractivity (Wildman–Crippen MR) is 75.9 cm³/mol. The highest BCUT2D eigenvalue weighted by Gasteiger charge is 2.80. The van der Waals surface area contributed by atoms with Gasteiger partial charge in [0.05, 0.1) is 23.9 Å². The minimum absolute atomic E-state index is 0.103. The summed E-state index contributed by atoms with van der Waals surface area (Å²) in [6, 6.07) is 5.28. The fourth-order valence-electron chi connectivity index (χ4n) is 3.72. The first-order valence-corrected chi connectivity index (χ1v) is 7.21. The lowest BCUT2D eigenvalue weighted by Crippen LogP contribution is -2.32. The van der Waals surface area contributed by atoms with Crippen LogP contribution >= 0.6 is 0 Å². The number of fused-ring (bicyclic) bond motifs is 2. The Kier molecular flexibility index (Phi) is 3.23. The summed E-state index contributed by atoms with van der Waals surface area (Å²) in [6.45, 7) is 3.55. The largest absolute Gasteiger partial charge is 0.466 e. The average Bonchev–Trinajstić information content (AvgIpc) is 3.12. The van der Waals surface area contributed by atoms with Crippen LogP contribution in [0.4, 0.5) is 14.5 Å². The second-order valence-corrected chi connectivity index (χ2v) is 5.84. The zero-order valence-corrected chi connectivity index (χ0v) is 12.6. The van der Waals surface area contributed by atoms with Gasteiger partial charge in [-0.15, -0.1) is 0 Å². The van der Waals surface area contributed by atoms with Gasteiger partial charge in [-0.05, 0) is 25.5 Å². The highest BCUT2D eigenvalue weighted by Crippen LogP contribution is 2.68. The third kappa shape index (κ3) is 1.66. The van der Waals surface area contributed by atoms with Gasteiger partial charge in [-0.3, -0.25) is 9.59 Å². The van der Waals surface area contributed by atoms with Crippen molar-refractivity contribution in [3.05, 3.63) is 29.3 Å². The minimum Gasteiger partial charge on any atom is -0.466 e. The van der Waals surface area contributed by atoms with E-state index in [4.69, 9.17) is 4.74 Å². The van der Waals surface area contributed by atoms with Crippen molar-refractivity contribution in [2.24, 2.45) is 11.8 Å². The Morgan fingerprint density at radius 1 is 1.45 bits per heavy atom. The SMILES string of the molecule is CCOC(=O)[C@@H]1[C@@H](C(F)F)[C@@]12C(=O)N(C)c1ccc(C)cc12. The zero-order chi connectivity index (χ0) is 16.2. The van der Waals surface area contributed by atoms with Crippen molar-refractivity contribution in [3.63, 3.8) is 0 Å². The van der Waals surface area contributed by atoms with Gasteiger partial charge in [0.25, 0.3) is 0 Å². The molecule has 1 saturated carbocycles. The summed E-state index contributed by atoms with van der Waals surface area (Å²) in [7, 11) is 1.55. The molecule has 1 aliphatic heterocycles. The number of carbonyl (C=O) groups is 2. The van der Waals surface area contributed by atoms with E-state index >= 15 is 0 Å². The Hall–Kier alpha value is -1.98. The maximum absolute atomic E-state index is 13.5. The van der Waals surface area contributed by atoms with Gasteiger partial charge in [0.2, 0.25) is 12.3 Å². The van der Waals surface area contributed by atoms with Gasteiger partial charge in [0, 0.05) is 12.7 Å². The van der Waals surface area contributed by atoms with Gasteiger partial charge in [-0.1, -0.05) is 17.7 Å². The average molecular weight is 309 g/mol. The van der Waals surface area contributed by atoms with Crippen LogP contribution in [0.2, 0.25) is 0 Å². The number of likely N-dealkylation sites (N-methyl/N-ethyl adjacent to an activating group) is 1. The standard InChI is InChI=1S/C16H17F2NO3/c1-4-22-14(20)12-11(13(17)18)16(12)9-7-8(2)5-6-10(9)19(3)15(16)21/h5-7,11-13H,4H2,1-3H3/t11-,12-,16+/m0/s1. The molecule has 6 heteroatoms. The molecule has 0 bridgehead atoms. The summed E-state index contributed by atoms with van der Waals surface area (Å²) in [5.74, 6) is -3.59. The van der Waals surface area contributed by atoms with Crippen LogP contribution in [-0.4, -0.2) is 32.0 Å². The van der Waals surface area contributed by atoms with Crippen molar-refractivity contribution < 1.29 is 23.1 Å². The summed E-state index contributed by atoms with van der Waals surface area (Å²) in [5, 5.41) is 0. The maximum Gasteiger partial charge on any atom is 0.310 e. The molecule has 1 aliphatic carbocycles. The highest BCUT2D eigenvalue weighted by atomic mass is 19.3. The van der Waals surface area contributed by atoms with Gasteiger partial charge in [-0.2, -0.15) is 0 Å². The van der Waals surface area contributed by atoms with E-state index in [9.17, 15) is 18.4 Å². The summed E-state index contributed by atoms with van der Waals surface area (Å²) in [4.78, 5) is 26.1. The molecule has 1 heterocycles. The van der Waals surface area contributed by atoms with Crippen LogP contribution in [0, 0.1) is 18.8 Å². The van der Waals surface area contributed by atoms with Crippen LogP contribution in [0.15, 0.2) is 18.2 Å². The lowest BCUT2D eigenvalue weighted by molar-refractivity contribution is -0.146. The van der Waals surface area contributed by atoms with Crippen LogP contribution in [0.3, 0.4) is 0 Å². The number of hydrogen-bond donors (Lipinski definition) is 0. The van der Waals surface area contributed by atoms with Crippen LogP contribution in [0.25, 0.3) is 0 Å². The third-order valence-corrected chi connectivity index (χ3v) is 4.70. The number of halogens is 2. The van der Waals surface area contributed by atoms with E-state index < -0.39 is 35.6 Å². The fourth-order valence-corrected chi connectivity index (χ4v) is 3.72. The van der Waals surface area contributed by atoms with Crippen LogP contribution < -0.4 is 4.90 Å². The Morgan fingerprint density at radius 2 is 2.14 bits per heavy atom. The quantitative estimate of drug-likeness (QED) is 0.805. The predicted octanol–water partition coefficient (Wildman–Crippen LogP) is 2.28. The van der Waals surface area contributed by atoms with Crippen molar-refractivity contribution >= 4 is 17.6 Å². The van der Waals surface area contributed by atoms with E-state index in [1.807, 2.05) is 13.0 Å². The number of amides is 1. The monoisotopic (exact) mass is 309 g/mol. The van der Waals surface area contributed by atoms with Crippen LogP contribution in [-0.2, 0) is 19.7 Å². The number of ether oxygens (including phenoxy) is 1. The fraction of sp³-hybridized carbons (Fsp3) is 0.500.